The monoisotopic (exact) mass is 273 g/mol. The van der Waals surface area contributed by atoms with Gasteiger partial charge in [0.2, 0.25) is 5.95 Å². The lowest BCUT2D eigenvalue weighted by Crippen LogP contribution is -2.16. The number of fused-ring (bicyclic) bond motifs is 1. The Morgan fingerprint density at radius 3 is 2.90 bits per heavy atom. The van der Waals surface area contributed by atoms with Crippen molar-refractivity contribution in [3.63, 3.8) is 0 Å². The van der Waals surface area contributed by atoms with E-state index in [0.29, 0.717) is 5.95 Å². The average Bonchev–Trinajstić information content (AvgIpc) is 2.71. The van der Waals surface area contributed by atoms with Crippen LogP contribution in [0.5, 0.6) is 0 Å². The summed E-state index contributed by atoms with van der Waals surface area (Å²) < 4.78 is 0. The maximum atomic E-state index is 5.85. The van der Waals surface area contributed by atoms with Crippen molar-refractivity contribution in [2.24, 2.45) is 0 Å². The molecule has 1 aliphatic heterocycles. The van der Waals surface area contributed by atoms with Crippen molar-refractivity contribution >= 4 is 11.8 Å². The lowest BCUT2D eigenvalue weighted by molar-refractivity contribution is 0.694. The Kier molecular flexibility index (Phi) is 4.16. The molecule has 0 radical (unpaired) electrons. The van der Waals surface area contributed by atoms with E-state index in [1.54, 1.807) is 0 Å². The third-order valence-electron chi connectivity index (χ3n) is 4.07. The first-order valence-electron chi connectivity index (χ1n) is 7.60. The second-order valence-corrected chi connectivity index (χ2v) is 5.57. The lowest BCUT2D eigenvalue weighted by atomic mass is 9.99. The van der Waals surface area contributed by atoms with Crippen molar-refractivity contribution < 1.29 is 0 Å². The summed E-state index contributed by atoms with van der Waals surface area (Å²) in [7, 11) is 0. The van der Waals surface area contributed by atoms with E-state index in [0.717, 1.165) is 44.0 Å². The molecule has 1 aromatic rings. The van der Waals surface area contributed by atoms with Gasteiger partial charge in [-0.05, 0) is 38.6 Å². The molecule has 4 N–H and O–H groups in total. The van der Waals surface area contributed by atoms with Crippen molar-refractivity contribution in [3.05, 3.63) is 22.9 Å². The van der Waals surface area contributed by atoms with Crippen molar-refractivity contribution in [1.29, 1.82) is 0 Å². The first-order valence-corrected chi connectivity index (χ1v) is 7.60. The second kappa shape index (κ2) is 6.22. The summed E-state index contributed by atoms with van der Waals surface area (Å²) >= 11 is 0. The van der Waals surface area contributed by atoms with Crippen LogP contribution < -0.4 is 16.4 Å². The smallest absolute Gasteiger partial charge is 0.222 e. The fourth-order valence-electron chi connectivity index (χ4n) is 2.97. The molecule has 0 aromatic carbocycles. The molecule has 2 heterocycles. The SMILES string of the molecule is Nc1nc2c(c(NCC3=CCCCC3)n1)CCNCC2. The van der Waals surface area contributed by atoms with E-state index in [1.807, 2.05) is 0 Å². The number of allylic oxidation sites excluding steroid dienone is 1. The van der Waals surface area contributed by atoms with Crippen LogP contribution in [-0.2, 0) is 12.8 Å². The molecular weight excluding hydrogens is 250 g/mol. The molecule has 3 rings (SSSR count). The first-order chi connectivity index (χ1) is 9.83. The van der Waals surface area contributed by atoms with Crippen LogP contribution in [0, 0.1) is 0 Å². The summed E-state index contributed by atoms with van der Waals surface area (Å²) in [5, 5.41) is 6.88. The van der Waals surface area contributed by atoms with Gasteiger partial charge in [0.1, 0.15) is 5.82 Å². The summed E-state index contributed by atoms with van der Waals surface area (Å²) in [6.07, 6.45) is 9.31. The average molecular weight is 273 g/mol. The van der Waals surface area contributed by atoms with Gasteiger partial charge in [-0.25, -0.2) is 4.98 Å². The number of hydrogen-bond acceptors (Lipinski definition) is 5. The topological polar surface area (TPSA) is 75.9 Å². The van der Waals surface area contributed by atoms with Gasteiger partial charge in [-0.15, -0.1) is 0 Å². The number of hydrogen-bond donors (Lipinski definition) is 3. The molecule has 0 saturated carbocycles. The Hall–Kier alpha value is -1.62. The molecule has 0 spiro atoms. The fourth-order valence-corrected chi connectivity index (χ4v) is 2.97. The maximum absolute atomic E-state index is 5.85. The maximum Gasteiger partial charge on any atom is 0.222 e. The molecule has 5 nitrogen and oxygen atoms in total. The predicted molar refractivity (Wildman–Crippen MR) is 81.8 cm³/mol. The molecule has 5 heteroatoms. The van der Waals surface area contributed by atoms with Gasteiger partial charge >= 0.3 is 0 Å². The zero-order chi connectivity index (χ0) is 13.8. The molecular formula is C15H23N5. The van der Waals surface area contributed by atoms with E-state index >= 15 is 0 Å². The van der Waals surface area contributed by atoms with Crippen molar-refractivity contribution in [3.8, 4) is 0 Å². The van der Waals surface area contributed by atoms with Gasteiger partial charge in [0.25, 0.3) is 0 Å². The van der Waals surface area contributed by atoms with E-state index < -0.39 is 0 Å². The number of nitrogen functional groups attached to an aromatic ring is 1. The van der Waals surface area contributed by atoms with Gasteiger partial charge in [0.15, 0.2) is 0 Å². The van der Waals surface area contributed by atoms with Gasteiger partial charge in [-0.1, -0.05) is 11.6 Å². The number of aromatic nitrogens is 2. The Balaban J connectivity index is 1.77. The van der Waals surface area contributed by atoms with Gasteiger partial charge < -0.3 is 16.4 Å². The van der Waals surface area contributed by atoms with Crippen LogP contribution in [0.25, 0.3) is 0 Å². The van der Waals surface area contributed by atoms with E-state index in [9.17, 15) is 0 Å². The minimum atomic E-state index is 0.380. The van der Waals surface area contributed by atoms with Crippen LogP contribution in [0.15, 0.2) is 11.6 Å². The van der Waals surface area contributed by atoms with Crippen LogP contribution in [0.3, 0.4) is 0 Å². The molecule has 0 saturated heterocycles. The Morgan fingerprint density at radius 1 is 1.15 bits per heavy atom. The molecule has 1 aliphatic carbocycles. The number of rotatable bonds is 3. The number of nitrogens with zero attached hydrogens (tertiary/aromatic N) is 2. The van der Waals surface area contributed by atoms with E-state index in [2.05, 4.69) is 26.7 Å². The lowest BCUT2D eigenvalue weighted by Gasteiger charge is -2.16. The van der Waals surface area contributed by atoms with Crippen molar-refractivity contribution in [2.45, 2.75) is 38.5 Å². The van der Waals surface area contributed by atoms with E-state index in [1.165, 1.54) is 36.8 Å². The Morgan fingerprint density at radius 2 is 2.05 bits per heavy atom. The highest BCUT2D eigenvalue weighted by Crippen LogP contribution is 2.22. The molecule has 0 unspecified atom stereocenters. The third kappa shape index (κ3) is 3.10. The molecule has 108 valence electrons. The minimum Gasteiger partial charge on any atom is -0.368 e. The largest absolute Gasteiger partial charge is 0.368 e. The number of nitrogens with one attached hydrogen (secondary N) is 2. The predicted octanol–water partition coefficient (Wildman–Crippen LogP) is 1.66. The van der Waals surface area contributed by atoms with Gasteiger partial charge in [-0.3, -0.25) is 0 Å². The van der Waals surface area contributed by atoms with Crippen LogP contribution in [0.2, 0.25) is 0 Å². The van der Waals surface area contributed by atoms with Crippen molar-refractivity contribution in [1.82, 2.24) is 15.3 Å². The minimum absolute atomic E-state index is 0.380. The highest BCUT2D eigenvalue weighted by atomic mass is 15.1. The quantitative estimate of drug-likeness (QED) is 0.730. The number of anilines is 2. The standard InChI is InChI=1S/C15H23N5/c16-15-19-13-7-9-17-8-6-12(13)14(20-15)18-10-11-4-2-1-3-5-11/h4,17H,1-3,5-10H2,(H3,16,18,19,20). The van der Waals surface area contributed by atoms with Gasteiger partial charge in [0.05, 0.1) is 5.69 Å². The highest BCUT2D eigenvalue weighted by molar-refractivity contribution is 5.51. The second-order valence-electron chi connectivity index (χ2n) is 5.57. The zero-order valence-corrected chi connectivity index (χ0v) is 11.9. The summed E-state index contributed by atoms with van der Waals surface area (Å²) in [5.41, 5.74) is 9.68. The van der Waals surface area contributed by atoms with Crippen LogP contribution >= 0.6 is 0 Å². The first kappa shape index (κ1) is 13.4. The summed E-state index contributed by atoms with van der Waals surface area (Å²) in [6, 6.07) is 0. The molecule has 20 heavy (non-hydrogen) atoms. The fraction of sp³-hybridized carbons (Fsp3) is 0.600. The molecule has 0 amide bonds. The van der Waals surface area contributed by atoms with Crippen LogP contribution in [0.4, 0.5) is 11.8 Å². The molecule has 1 aromatic heterocycles. The molecule has 0 bridgehead atoms. The van der Waals surface area contributed by atoms with E-state index in [-0.39, 0.29) is 0 Å². The highest BCUT2D eigenvalue weighted by Gasteiger charge is 2.16. The van der Waals surface area contributed by atoms with Crippen LogP contribution in [-0.4, -0.2) is 29.6 Å². The molecule has 0 atom stereocenters. The molecule has 0 fully saturated rings. The Bertz CT molecular complexity index is 509. The zero-order valence-electron chi connectivity index (χ0n) is 11.9. The van der Waals surface area contributed by atoms with Gasteiger partial charge in [0, 0.05) is 25.1 Å². The normalized spacial score (nSPS) is 18.9. The van der Waals surface area contributed by atoms with E-state index in [4.69, 9.17) is 5.73 Å². The number of nitrogens with two attached hydrogens (primary N) is 1. The Labute approximate surface area is 120 Å². The third-order valence-corrected chi connectivity index (χ3v) is 4.07. The summed E-state index contributed by atoms with van der Waals surface area (Å²) in [5.74, 6) is 1.31. The van der Waals surface area contributed by atoms with Crippen molar-refractivity contribution in [2.75, 3.05) is 30.7 Å². The molecule has 2 aliphatic rings. The van der Waals surface area contributed by atoms with Crippen LogP contribution in [0.1, 0.15) is 36.9 Å². The summed E-state index contributed by atoms with van der Waals surface area (Å²) in [6.45, 7) is 2.84. The summed E-state index contributed by atoms with van der Waals surface area (Å²) in [4.78, 5) is 8.81. The van der Waals surface area contributed by atoms with Gasteiger partial charge in [-0.2, -0.15) is 4.98 Å².